The van der Waals surface area contributed by atoms with Gasteiger partial charge in [0.05, 0.1) is 19.8 Å². The van der Waals surface area contributed by atoms with Crippen LogP contribution in [0.4, 0.5) is 4.79 Å². The van der Waals surface area contributed by atoms with Gasteiger partial charge in [-0.25, -0.2) is 4.79 Å². The van der Waals surface area contributed by atoms with E-state index in [0.29, 0.717) is 0 Å². The van der Waals surface area contributed by atoms with Crippen LogP contribution in [-0.2, 0) is 4.79 Å². The van der Waals surface area contributed by atoms with Gasteiger partial charge in [-0.05, 0) is 12.8 Å². The number of urea groups is 1. The minimum absolute atomic E-state index is 0.0147. The molecule has 0 bridgehead atoms. The Morgan fingerprint density at radius 1 is 1.18 bits per heavy atom. The van der Waals surface area contributed by atoms with Crippen molar-refractivity contribution in [3.05, 3.63) is 0 Å². The number of aliphatic hydroxyl groups excluding tert-OH is 2. The maximum atomic E-state index is 11.4. The summed E-state index contributed by atoms with van der Waals surface area (Å²) in [6.45, 7) is 0.374. The standard InChI is InChI=1S/C10H19N3O4/c14-5-3-13(4-6-15)7-9(16)12-10(17)11-8-1-2-8/h8,14-15H,1-7H2,(H2,11,12,16,17). The van der Waals surface area contributed by atoms with E-state index in [1.807, 2.05) is 0 Å². The average Bonchev–Trinajstić information content (AvgIpc) is 3.01. The van der Waals surface area contributed by atoms with Gasteiger partial charge >= 0.3 is 6.03 Å². The number of carbonyl (C=O) groups excluding carboxylic acids is 2. The smallest absolute Gasteiger partial charge is 0.321 e. The Bertz CT molecular complexity index is 262. The summed E-state index contributed by atoms with van der Waals surface area (Å²) in [7, 11) is 0. The van der Waals surface area contributed by atoms with Crippen LogP contribution in [0, 0.1) is 0 Å². The molecule has 7 heteroatoms. The number of hydrogen-bond acceptors (Lipinski definition) is 5. The van der Waals surface area contributed by atoms with Gasteiger partial charge in [0.1, 0.15) is 0 Å². The van der Waals surface area contributed by atoms with Crippen molar-refractivity contribution in [1.29, 1.82) is 0 Å². The third-order valence-corrected chi connectivity index (χ3v) is 2.37. The molecule has 7 nitrogen and oxygen atoms in total. The van der Waals surface area contributed by atoms with Crippen molar-refractivity contribution in [3.8, 4) is 0 Å². The highest BCUT2D eigenvalue weighted by Gasteiger charge is 2.24. The van der Waals surface area contributed by atoms with Gasteiger partial charge in [0.25, 0.3) is 0 Å². The number of amides is 3. The van der Waals surface area contributed by atoms with E-state index in [-0.39, 0.29) is 38.9 Å². The van der Waals surface area contributed by atoms with Crippen molar-refractivity contribution < 1.29 is 19.8 Å². The molecule has 1 saturated carbocycles. The molecule has 0 saturated heterocycles. The van der Waals surface area contributed by atoms with E-state index in [2.05, 4.69) is 10.6 Å². The summed E-state index contributed by atoms with van der Waals surface area (Å²) in [6.07, 6.45) is 1.92. The monoisotopic (exact) mass is 245 g/mol. The van der Waals surface area contributed by atoms with Crippen LogP contribution < -0.4 is 10.6 Å². The first-order chi connectivity index (χ1) is 8.15. The first-order valence-electron chi connectivity index (χ1n) is 5.70. The minimum atomic E-state index is -0.481. The van der Waals surface area contributed by atoms with E-state index in [9.17, 15) is 9.59 Å². The molecular formula is C10H19N3O4. The SMILES string of the molecule is O=C(CN(CCO)CCO)NC(=O)NC1CC1. The van der Waals surface area contributed by atoms with E-state index >= 15 is 0 Å². The summed E-state index contributed by atoms with van der Waals surface area (Å²) < 4.78 is 0. The van der Waals surface area contributed by atoms with Crippen LogP contribution in [0.15, 0.2) is 0 Å². The van der Waals surface area contributed by atoms with Crippen molar-refractivity contribution in [2.24, 2.45) is 0 Å². The van der Waals surface area contributed by atoms with Crippen molar-refractivity contribution >= 4 is 11.9 Å². The second-order valence-corrected chi connectivity index (χ2v) is 4.02. The highest BCUT2D eigenvalue weighted by molar-refractivity contribution is 5.95. The predicted molar refractivity (Wildman–Crippen MR) is 60.3 cm³/mol. The van der Waals surface area contributed by atoms with Crippen LogP contribution in [0.3, 0.4) is 0 Å². The molecule has 0 unspecified atom stereocenters. The summed E-state index contributed by atoms with van der Waals surface area (Å²) in [4.78, 5) is 24.2. The van der Waals surface area contributed by atoms with Crippen LogP contribution in [-0.4, -0.2) is 65.9 Å². The van der Waals surface area contributed by atoms with Crippen molar-refractivity contribution in [2.45, 2.75) is 18.9 Å². The molecule has 0 aliphatic heterocycles. The molecule has 0 aromatic carbocycles. The summed E-state index contributed by atoms with van der Waals surface area (Å²) in [5.74, 6) is -0.440. The lowest BCUT2D eigenvalue weighted by Gasteiger charge is -2.19. The van der Waals surface area contributed by atoms with Crippen molar-refractivity contribution in [1.82, 2.24) is 15.5 Å². The first kappa shape index (κ1) is 13.9. The second kappa shape index (κ2) is 7.21. The summed E-state index contributed by atoms with van der Waals surface area (Å²) >= 11 is 0. The topological polar surface area (TPSA) is 102 Å². The molecule has 0 aromatic rings. The second-order valence-electron chi connectivity index (χ2n) is 4.02. The Kier molecular flexibility index (Phi) is 5.88. The Morgan fingerprint density at radius 2 is 1.76 bits per heavy atom. The molecule has 1 fully saturated rings. The molecule has 0 aromatic heterocycles. The fourth-order valence-corrected chi connectivity index (χ4v) is 1.37. The maximum absolute atomic E-state index is 11.4. The van der Waals surface area contributed by atoms with Crippen LogP contribution in [0.25, 0.3) is 0 Å². The molecule has 17 heavy (non-hydrogen) atoms. The Balaban J connectivity index is 2.22. The van der Waals surface area contributed by atoms with Crippen molar-refractivity contribution in [2.75, 3.05) is 32.8 Å². The lowest BCUT2D eigenvalue weighted by atomic mass is 10.4. The Hall–Kier alpha value is -1.18. The lowest BCUT2D eigenvalue weighted by molar-refractivity contribution is -0.121. The largest absolute Gasteiger partial charge is 0.395 e. The molecule has 1 aliphatic carbocycles. The number of nitrogens with one attached hydrogen (secondary N) is 2. The average molecular weight is 245 g/mol. The number of aliphatic hydroxyl groups is 2. The van der Waals surface area contributed by atoms with Gasteiger partial charge in [-0.15, -0.1) is 0 Å². The molecule has 0 spiro atoms. The lowest BCUT2D eigenvalue weighted by Crippen LogP contribution is -2.46. The summed E-state index contributed by atoms with van der Waals surface area (Å²) in [6, 6.07) is -0.278. The molecular weight excluding hydrogens is 226 g/mol. The maximum Gasteiger partial charge on any atom is 0.321 e. The first-order valence-corrected chi connectivity index (χ1v) is 5.70. The number of rotatable bonds is 7. The van der Waals surface area contributed by atoms with Gasteiger partial charge in [-0.1, -0.05) is 0 Å². The normalized spacial score (nSPS) is 14.8. The van der Waals surface area contributed by atoms with Crippen LogP contribution in [0.2, 0.25) is 0 Å². The highest BCUT2D eigenvalue weighted by Crippen LogP contribution is 2.18. The minimum Gasteiger partial charge on any atom is -0.395 e. The van der Waals surface area contributed by atoms with Gasteiger partial charge < -0.3 is 15.5 Å². The zero-order chi connectivity index (χ0) is 12.7. The molecule has 1 aliphatic rings. The molecule has 0 heterocycles. The fourth-order valence-electron chi connectivity index (χ4n) is 1.37. The van der Waals surface area contributed by atoms with E-state index in [0.717, 1.165) is 12.8 Å². The Morgan fingerprint density at radius 3 is 2.24 bits per heavy atom. The highest BCUT2D eigenvalue weighted by atomic mass is 16.3. The number of imide groups is 1. The van der Waals surface area contributed by atoms with E-state index in [1.165, 1.54) is 0 Å². The van der Waals surface area contributed by atoms with E-state index in [1.54, 1.807) is 4.90 Å². The number of carbonyl (C=O) groups is 2. The summed E-state index contributed by atoms with van der Waals surface area (Å²) in [5.41, 5.74) is 0. The van der Waals surface area contributed by atoms with Crippen LogP contribution in [0.5, 0.6) is 0 Å². The third kappa shape index (κ3) is 6.20. The van der Waals surface area contributed by atoms with Gasteiger partial charge in [-0.2, -0.15) is 0 Å². The van der Waals surface area contributed by atoms with Gasteiger partial charge in [-0.3, -0.25) is 15.0 Å². The zero-order valence-electron chi connectivity index (χ0n) is 9.69. The van der Waals surface area contributed by atoms with E-state index in [4.69, 9.17) is 10.2 Å². The quantitative estimate of drug-likeness (QED) is 0.426. The van der Waals surface area contributed by atoms with E-state index < -0.39 is 11.9 Å². The molecule has 4 N–H and O–H groups in total. The number of hydrogen-bond donors (Lipinski definition) is 4. The van der Waals surface area contributed by atoms with Gasteiger partial charge in [0, 0.05) is 19.1 Å². The zero-order valence-corrected chi connectivity index (χ0v) is 9.69. The summed E-state index contributed by atoms with van der Waals surface area (Å²) in [5, 5.41) is 22.3. The van der Waals surface area contributed by atoms with Gasteiger partial charge in [0.15, 0.2) is 0 Å². The van der Waals surface area contributed by atoms with Gasteiger partial charge in [0.2, 0.25) is 5.91 Å². The fraction of sp³-hybridized carbons (Fsp3) is 0.800. The molecule has 98 valence electrons. The molecule has 3 amide bonds. The van der Waals surface area contributed by atoms with Crippen LogP contribution in [0.1, 0.15) is 12.8 Å². The third-order valence-electron chi connectivity index (χ3n) is 2.37. The molecule has 0 radical (unpaired) electrons. The van der Waals surface area contributed by atoms with Crippen molar-refractivity contribution in [3.63, 3.8) is 0 Å². The molecule has 0 atom stereocenters. The molecule has 1 rings (SSSR count). The predicted octanol–water partition coefficient (Wildman–Crippen LogP) is -1.74. The van der Waals surface area contributed by atoms with Crippen LogP contribution >= 0.6 is 0 Å². The number of nitrogens with zero attached hydrogens (tertiary/aromatic N) is 1. The Labute approximate surface area is 99.8 Å².